The third kappa shape index (κ3) is 5.63. The Balaban J connectivity index is 1.41. The monoisotopic (exact) mass is 455 g/mol. The van der Waals surface area contributed by atoms with Gasteiger partial charge in [-0.3, -0.25) is 9.59 Å². The molecule has 2 unspecified atom stereocenters. The van der Waals surface area contributed by atoms with Crippen LogP contribution in [0.15, 0.2) is 78.9 Å². The van der Waals surface area contributed by atoms with E-state index in [-0.39, 0.29) is 23.7 Å². The Morgan fingerprint density at radius 1 is 0.941 bits per heavy atom. The smallest absolute Gasteiger partial charge is 0.248 e. The van der Waals surface area contributed by atoms with Gasteiger partial charge in [0.25, 0.3) is 0 Å². The van der Waals surface area contributed by atoms with E-state index in [0.717, 1.165) is 17.7 Å². The van der Waals surface area contributed by atoms with Crippen LogP contribution in [-0.2, 0) is 9.59 Å². The zero-order chi connectivity index (χ0) is 24.1. The van der Waals surface area contributed by atoms with Crippen molar-refractivity contribution in [1.29, 1.82) is 0 Å². The van der Waals surface area contributed by atoms with Crippen molar-refractivity contribution in [2.24, 2.45) is 5.92 Å². The highest BCUT2D eigenvalue weighted by Gasteiger charge is 2.37. The minimum absolute atomic E-state index is 0.0132. The van der Waals surface area contributed by atoms with Crippen LogP contribution in [-0.4, -0.2) is 36.9 Å². The maximum Gasteiger partial charge on any atom is 0.248 e. The molecular weight excluding hydrogens is 426 g/mol. The molecule has 0 saturated carbocycles. The molecule has 3 aromatic carbocycles. The molecule has 0 radical (unpaired) electrons. The van der Waals surface area contributed by atoms with Crippen molar-refractivity contribution in [2.45, 2.75) is 5.92 Å². The fourth-order valence-electron chi connectivity index (χ4n) is 4.27. The minimum Gasteiger partial charge on any atom is -0.399 e. The molecule has 34 heavy (non-hydrogen) atoms. The van der Waals surface area contributed by atoms with Crippen molar-refractivity contribution < 1.29 is 9.59 Å². The molecule has 1 aliphatic rings. The van der Waals surface area contributed by atoms with Crippen molar-refractivity contribution in [2.75, 3.05) is 42.2 Å². The molecule has 1 fully saturated rings. The Labute approximate surface area is 199 Å². The van der Waals surface area contributed by atoms with Gasteiger partial charge in [0.2, 0.25) is 11.8 Å². The van der Waals surface area contributed by atoms with Gasteiger partial charge in [0, 0.05) is 36.5 Å². The normalized spacial score (nSPS) is 18.1. The number of likely N-dealkylation sites (N-methyl/N-ethyl adjacent to an activating group) is 1. The number of nitrogens with two attached hydrogens (primary N) is 2. The topological polar surface area (TPSA) is 113 Å². The van der Waals surface area contributed by atoms with Gasteiger partial charge in [0.1, 0.15) is 0 Å². The van der Waals surface area contributed by atoms with Gasteiger partial charge in [-0.1, -0.05) is 42.5 Å². The summed E-state index contributed by atoms with van der Waals surface area (Å²) < 4.78 is 0. The SMILES string of the molecule is CN1CC(C(=O)Nc2cccc(N)c2)C(c2ccc(/C=C/C(=O)Nc3ccccc3N)cc2)C1. The van der Waals surface area contributed by atoms with E-state index in [4.69, 9.17) is 11.5 Å². The molecule has 0 bridgehead atoms. The van der Waals surface area contributed by atoms with Crippen molar-refractivity contribution in [3.8, 4) is 0 Å². The van der Waals surface area contributed by atoms with Crippen molar-refractivity contribution >= 4 is 40.6 Å². The van der Waals surface area contributed by atoms with Gasteiger partial charge in [-0.15, -0.1) is 0 Å². The van der Waals surface area contributed by atoms with Crippen LogP contribution in [0.3, 0.4) is 0 Å². The van der Waals surface area contributed by atoms with Crippen LogP contribution in [0.2, 0.25) is 0 Å². The molecule has 1 aliphatic heterocycles. The number of amides is 2. The standard InChI is InChI=1S/C27H29N5O2/c1-32-16-22(23(17-32)27(34)30-21-6-4-5-20(28)15-21)19-12-9-18(10-13-19)11-14-26(33)31-25-8-3-2-7-24(25)29/h2-15,22-23H,16-17,28-29H2,1H3,(H,30,34)(H,31,33)/b14-11+. The predicted molar refractivity (Wildman–Crippen MR) is 138 cm³/mol. The van der Waals surface area contributed by atoms with Crippen molar-refractivity contribution in [3.63, 3.8) is 0 Å². The number of nitrogens with zero attached hydrogens (tertiary/aromatic N) is 1. The molecule has 2 atom stereocenters. The summed E-state index contributed by atoms with van der Waals surface area (Å²) in [4.78, 5) is 27.4. The first-order chi connectivity index (χ1) is 16.4. The quantitative estimate of drug-likeness (QED) is 0.334. The summed E-state index contributed by atoms with van der Waals surface area (Å²) in [6.07, 6.45) is 3.23. The number of carbonyl (C=O) groups excluding carboxylic acids is 2. The molecule has 2 amide bonds. The predicted octanol–water partition coefficient (Wildman–Crippen LogP) is 3.79. The summed E-state index contributed by atoms with van der Waals surface area (Å²) in [7, 11) is 2.02. The van der Waals surface area contributed by atoms with Gasteiger partial charge < -0.3 is 27.0 Å². The van der Waals surface area contributed by atoms with Crippen molar-refractivity contribution in [3.05, 3.63) is 90.0 Å². The third-order valence-electron chi connectivity index (χ3n) is 6.00. The van der Waals surface area contributed by atoms with E-state index >= 15 is 0 Å². The summed E-state index contributed by atoms with van der Waals surface area (Å²) in [5, 5.41) is 5.78. The average Bonchev–Trinajstić information content (AvgIpc) is 3.21. The molecule has 0 spiro atoms. The lowest BCUT2D eigenvalue weighted by molar-refractivity contribution is -0.119. The number of carbonyl (C=O) groups is 2. The first-order valence-electron chi connectivity index (χ1n) is 11.2. The van der Waals surface area contributed by atoms with Gasteiger partial charge >= 0.3 is 0 Å². The second-order valence-corrected chi connectivity index (χ2v) is 8.63. The van der Waals surface area contributed by atoms with E-state index in [1.165, 1.54) is 6.08 Å². The minimum atomic E-state index is -0.252. The summed E-state index contributed by atoms with van der Waals surface area (Å²) >= 11 is 0. The van der Waals surface area contributed by atoms with Gasteiger partial charge in [-0.2, -0.15) is 0 Å². The highest BCUT2D eigenvalue weighted by molar-refractivity contribution is 6.03. The van der Waals surface area contributed by atoms with Crippen LogP contribution in [0.5, 0.6) is 0 Å². The summed E-state index contributed by atoms with van der Waals surface area (Å²) in [5.41, 5.74) is 16.1. The molecule has 0 aliphatic carbocycles. The summed E-state index contributed by atoms with van der Waals surface area (Å²) in [6, 6.07) is 22.3. The molecular formula is C27H29N5O2. The number of anilines is 4. The molecule has 3 aromatic rings. The largest absolute Gasteiger partial charge is 0.399 e. The Morgan fingerprint density at radius 2 is 1.71 bits per heavy atom. The van der Waals surface area contributed by atoms with E-state index in [1.807, 2.05) is 55.6 Å². The van der Waals surface area contributed by atoms with Crippen LogP contribution in [0.4, 0.5) is 22.7 Å². The number of benzene rings is 3. The maximum atomic E-state index is 13.0. The number of nitrogens with one attached hydrogen (secondary N) is 2. The lowest BCUT2D eigenvalue weighted by atomic mass is 9.88. The lowest BCUT2D eigenvalue weighted by Gasteiger charge is -2.19. The highest BCUT2D eigenvalue weighted by Crippen LogP contribution is 2.33. The van der Waals surface area contributed by atoms with Crippen LogP contribution >= 0.6 is 0 Å². The van der Waals surface area contributed by atoms with Gasteiger partial charge in [-0.05, 0) is 54.6 Å². The number of hydrogen-bond acceptors (Lipinski definition) is 5. The molecule has 1 saturated heterocycles. The molecule has 0 aromatic heterocycles. The summed E-state index contributed by atoms with van der Waals surface area (Å²) in [6.45, 7) is 1.48. The number of likely N-dealkylation sites (tertiary alicyclic amines) is 1. The Hall–Kier alpha value is -4.10. The second-order valence-electron chi connectivity index (χ2n) is 8.63. The van der Waals surface area contributed by atoms with E-state index in [2.05, 4.69) is 15.5 Å². The maximum absolute atomic E-state index is 13.0. The average molecular weight is 456 g/mol. The third-order valence-corrected chi connectivity index (χ3v) is 6.00. The van der Waals surface area contributed by atoms with Crippen LogP contribution in [0.25, 0.3) is 6.08 Å². The first-order valence-corrected chi connectivity index (χ1v) is 11.2. The number of nitrogen functional groups attached to an aromatic ring is 2. The number of hydrogen-bond donors (Lipinski definition) is 4. The van der Waals surface area contributed by atoms with Gasteiger partial charge in [0.15, 0.2) is 0 Å². The molecule has 174 valence electrons. The fourth-order valence-corrected chi connectivity index (χ4v) is 4.27. The Bertz CT molecular complexity index is 1210. The molecule has 1 heterocycles. The molecule has 6 N–H and O–H groups in total. The molecule has 7 nitrogen and oxygen atoms in total. The number of rotatable bonds is 6. The van der Waals surface area contributed by atoms with E-state index in [1.54, 1.807) is 30.3 Å². The van der Waals surface area contributed by atoms with Crippen LogP contribution in [0.1, 0.15) is 17.0 Å². The first kappa shape index (κ1) is 23.1. The zero-order valence-electron chi connectivity index (χ0n) is 19.1. The van der Waals surface area contributed by atoms with E-state index in [0.29, 0.717) is 29.3 Å². The van der Waals surface area contributed by atoms with E-state index in [9.17, 15) is 9.59 Å². The second kappa shape index (κ2) is 10.2. The Kier molecular flexibility index (Phi) is 6.94. The van der Waals surface area contributed by atoms with E-state index < -0.39 is 0 Å². The summed E-state index contributed by atoms with van der Waals surface area (Å²) in [5.74, 6) is -0.359. The molecule has 7 heteroatoms. The van der Waals surface area contributed by atoms with Crippen LogP contribution in [0, 0.1) is 5.92 Å². The Morgan fingerprint density at radius 3 is 2.44 bits per heavy atom. The zero-order valence-corrected chi connectivity index (χ0v) is 19.1. The van der Waals surface area contributed by atoms with Gasteiger partial charge in [-0.25, -0.2) is 0 Å². The number of para-hydroxylation sites is 2. The van der Waals surface area contributed by atoms with Crippen LogP contribution < -0.4 is 22.1 Å². The van der Waals surface area contributed by atoms with Crippen molar-refractivity contribution in [1.82, 2.24) is 4.90 Å². The highest BCUT2D eigenvalue weighted by atomic mass is 16.2. The molecule has 4 rings (SSSR count). The fraction of sp³-hybridized carbons (Fsp3) is 0.185. The van der Waals surface area contributed by atoms with Gasteiger partial charge in [0.05, 0.1) is 17.3 Å². The lowest BCUT2D eigenvalue weighted by Crippen LogP contribution is -2.28.